The zero-order valence-corrected chi connectivity index (χ0v) is 11.4. The molecule has 1 atom stereocenters. The largest absolute Gasteiger partial charge is 0.492 e. The highest BCUT2D eigenvalue weighted by atomic mass is 32.1. The van der Waals surface area contributed by atoms with E-state index in [1.54, 1.807) is 0 Å². The Morgan fingerprint density at radius 2 is 2.00 bits per heavy atom. The summed E-state index contributed by atoms with van der Waals surface area (Å²) in [7, 11) is 0. The van der Waals surface area contributed by atoms with Crippen LogP contribution in [0, 0.1) is 0 Å². The van der Waals surface area contributed by atoms with Gasteiger partial charge in [0.2, 0.25) is 0 Å². The third-order valence-electron chi connectivity index (χ3n) is 3.27. The van der Waals surface area contributed by atoms with Crippen molar-refractivity contribution >= 4 is 23.1 Å². The molecule has 96 valence electrons. The van der Waals surface area contributed by atoms with Gasteiger partial charge < -0.3 is 4.74 Å². The average Bonchev–Trinajstić information content (AvgIpc) is 2.92. The number of benzene rings is 1. The predicted octanol–water partition coefficient (Wildman–Crippen LogP) is 3.28. The van der Waals surface area contributed by atoms with Crippen molar-refractivity contribution in [3.63, 3.8) is 0 Å². The summed E-state index contributed by atoms with van der Waals surface area (Å²) in [6.07, 6.45) is 2.63. The first-order chi connectivity index (χ1) is 8.79. The number of hydrogen-bond acceptors (Lipinski definition) is 4. The maximum absolute atomic E-state index is 5.78. The molecular formula is C14H18N2OS. The summed E-state index contributed by atoms with van der Waals surface area (Å²) in [6, 6.07) is 8.08. The molecule has 0 aromatic heterocycles. The Kier molecular flexibility index (Phi) is 4.88. The minimum Gasteiger partial charge on any atom is -0.492 e. The van der Waals surface area contributed by atoms with Crippen LogP contribution < -0.4 is 4.74 Å². The fraction of sp³-hybridized carbons (Fsp3) is 0.500. The van der Waals surface area contributed by atoms with Crippen LogP contribution in [-0.2, 0) is 0 Å². The molecule has 1 aliphatic rings. The van der Waals surface area contributed by atoms with E-state index in [4.69, 9.17) is 4.74 Å². The maximum Gasteiger partial charge on any atom is 0.119 e. The van der Waals surface area contributed by atoms with Crippen molar-refractivity contribution in [2.75, 3.05) is 19.7 Å². The molecule has 2 rings (SSSR count). The fourth-order valence-corrected chi connectivity index (χ4v) is 2.28. The predicted molar refractivity (Wildman–Crippen MR) is 76.9 cm³/mol. The van der Waals surface area contributed by atoms with E-state index in [0.29, 0.717) is 6.04 Å². The first-order valence-corrected chi connectivity index (χ1v) is 6.75. The molecule has 0 spiro atoms. The molecule has 1 aromatic rings. The van der Waals surface area contributed by atoms with E-state index in [-0.39, 0.29) is 0 Å². The van der Waals surface area contributed by atoms with Gasteiger partial charge in [-0.05, 0) is 69.3 Å². The lowest BCUT2D eigenvalue weighted by Gasteiger charge is -2.23. The van der Waals surface area contributed by atoms with Crippen LogP contribution in [-0.4, -0.2) is 35.8 Å². The van der Waals surface area contributed by atoms with Gasteiger partial charge in [0.15, 0.2) is 0 Å². The molecule has 0 saturated carbocycles. The molecule has 4 heteroatoms. The third-order valence-corrected chi connectivity index (χ3v) is 3.36. The quantitative estimate of drug-likeness (QED) is 0.601. The fourth-order valence-electron chi connectivity index (χ4n) is 2.17. The number of hydrogen-bond donors (Lipinski definition) is 0. The van der Waals surface area contributed by atoms with Gasteiger partial charge in [-0.15, -0.1) is 0 Å². The van der Waals surface area contributed by atoms with E-state index in [2.05, 4.69) is 34.2 Å². The summed E-state index contributed by atoms with van der Waals surface area (Å²) in [4.78, 5) is 6.38. The number of isothiocyanates is 1. The van der Waals surface area contributed by atoms with E-state index >= 15 is 0 Å². The van der Waals surface area contributed by atoms with Crippen LogP contribution in [0.25, 0.3) is 0 Å². The summed E-state index contributed by atoms with van der Waals surface area (Å²) in [6.45, 7) is 5.35. The molecule has 1 fully saturated rings. The molecule has 0 amide bonds. The molecule has 1 aromatic carbocycles. The smallest absolute Gasteiger partial charge is 0.119 e. The van der Waals surface area contributed by atoms with Gasteiger partial charge in [0.05, 0.1) is 10.8 Å². The first kappa shape index (κ1) is 13.2. The van der Waals surface area contributed by atoms with Crippen molar-refractivity contribution in [3.05, 3.63) is 24.3 Å². The van der Waals surface area contributed by atoms with Gasteiger partial charge in [-0.1, -0.05) is 0 Å². The standard InChI is InChI=1S/C14H18N2OS/c1-12(16-8-2-3-9-16)10-17-14-6-4-13(5-7-14)15-11-18/h4-7,12H,2-3,8-10H2,1H3. The van der Waals surface area contributed by atoms with E-state index in [9.17, 15) is 0 Å². The van der Waals surface area contributed by atoms with E-state index < -0.39 is 0 Å². The number of rotatable bonds is 5. The average molecular weight is 262 g/mol. The molecule has 1 aliphatic heterocycles. The topological polar surface area (TPSA) is 24.8 Å². The Balaban J connectivity index is 1.83. The highest BCUT2D eigenvalue weighted by Crippen LogP contribution is 2.18. The first-order valence-electron chi connectivity index (χ1n) is 6.34. The highest BCUT2D eigenvalue weighted by molar-refractivity contribution is 7.78. The minimum atomic E-state index is 0.478. The molecule has 1 saturated heterocycles. The van der Waals surface area contributed by atoms with Crippen molar-refractivity contribution in [1.29, 1.82) is 0 Å². The van der Waals surface area contributed by atoms with Crippen LogP contribution in [0.3, 0.4) is 0 Å². The van der Waals surface area contributed by atoms with E-state index in [1.807, 2.05) is 24.3 Å². The Bertz CT molecular complexity index is 420. The van der Waals surface area contributed by atoms with E-state index in [1.165, 1.54) is 25.9 Å². The van der Waals surface area contributed by atoms with Crippen LogP contribution in [0.2, 0.25) is 0 Å². The zero-order chi connectivity index (χ0) is 12.8. The van der Waals surface area contributed by atoms with Gasteiger partial charge in [0, 0.05) is 6.04 Å². The summed E-state index contributed by atoms with van der Waals surface area (Å²) < 4.78 is 5.78. The summed E-state index contributed by atoms with van der Waals surface area (Å²) in [5.74, 6) is 0.879. The third kappa shape index (κ3) is 3.64. The van der Waals surface area contributed by atoms with Crippen molar-refractivity contribution < 1.29 is 4.74 Å². The molecule has 3 nitrogen and oxygen atoms in total. The number of thiocarbonyl (C=S) groups is 1. The van der Waals surface area contributed by atoms with Crippen molar-refractivity contribution in [1.82, 2.24) is 4.90 Å². The molecule has 18 heavy (non-hydrogen) atoms. The number of ether oxygens (including phenoxy) is 1. The molecule has 0 N–H and O–H groups in total. The minimum absolute atomic E-state index is 0.478. The monoisotopic (exact) mass is 262 g/mol. The van der Waals surface area contributed by atoms with Crippen LogP contribution in [0.1, 0.15) is 19.8 Å². The molecule has 1 unspecified atom stereocenters. The number of nitrogens with zero attached hydrogens (tertiary/aromatic N) is 2. The second-order valence-corrected chi connectivity index (χ2v) is 4.78. The van der Waals surface area contributed by atoms with Crippen molar-refractivity contribution in [2.45, 2.75) is 25.8 Å². The SMILES string of the molecule is CC(COc1ccc(N=C=S)cc1)N1CCCC1. The summed E-state index contributed by atoms with van der Waals surface area (Å²) in [5.41, 5.74) is 0.810. The lowest BCUT2D eigenvalue weighted by Crippen LogP contribution is -2.34. The van der Waals surface area contributed by atoms with E-state index in [0.717, 1.165) is 18.0 Å². The van der Waals surface area contributed by atoms with Gasteiger partial charge in [-0.3, -0.25) is 4.90 Å². The normalized spacial score (nSPS) is 17.2. The van der Waals surface area contributed by atoms with Crippen molar-refractivity contribution in [3.8, 4) is 5.75 Å². The van der Waals surface area contributed by atoms with Gasteiger partial charge in [-0.25, -0.2) is 0 Å². The molecule has 0 aliphatic carbocycles. The Labute approximate surface area is 113 Å². The molecule has 0 radical (unpaired) electrons. The summed E-state index contributed by atoms with van der Waals surface area (Å²) in [5, 5.41) is 2.35. The second kappa shape index (κ2) is 6.64. The van der Waals surface area contributed by atoms with Gasteiger partial charge >= 0.3 is 0 Å². The molecular weight excluding hydrogens is 244 g/mol. The summed E-state index contributed by atoms with van der Waals surface area (Å²) >= 11 is 4.56. The number of likely N-dealkylation sites (tertiary alicyclic amines) is 1. The lowest BCUT2D eigenvalue weighted by atomic mass is 10.3. The van der Waals surface area contributed by atoms with Gasteiger partial charge in [-0.2, -0.15) is 4.99 Å². The number of aliphatic imine (C=N–C) groups is 1. The maximum atomic E-state index is 5.78. The zero-order valence-electron chi connectivity index (χ0n) is 10.6. The van der Waals surface area contributed by atoms with Crippen LogP contribution in [0.4, 0.5) is 5.69 Å². The van der Waals surface area contributed by atoms with Crippen LogP contribution in [0.15, 0.2) is 29.3 Å². The lowest BCUT2D eigenvalue weighted by molar-refractivity contribution is 0.172. The highest BCUT2D eigenvalue weighted by Gasteiger charge is 2.18. The van der Waals surface area contributed by atoms with Crippen LogP contribution >= 0.6 is 12.2 Å². The van der Waals surface area contributed by atoms with Crippen LogP contribution in [0.5, 0.6) is 5.75 Å². The van der Waals surface area contributed by atoms with Gasteiger partial charge in [0.25, 0.3) is 0 Å². The van der Waals surface area contributed by atoms with Crippen molar-refractivity contribution in [2.24, 2.45) is 4.99 Å². The Morgan fingerprint density at radius 1 is 1.33 bits per heavy atom. The molecule has 0 bridgehead atoms. The Hall–Kier alpha value is -1.22. The van der Waals surface area contributed by atoms with Gasteiger partial charge in [0.1, 0.15) is 12.4 Å². The Morgan fingerprint density at radius 3 is 2.61 bits per heavy atom. The second-order valence-electron chi connectivity index (χ2n) is 4.60. The molecule has 1 heterocycles.